The fourth-order valence-electron chi connectivity index (χ4n) is 1.45. The first-order valence-corrected chi connectivity index (χ1v) is 6.64. The highest BCUT2D eigenvalue weighted by Gasteiger charge is 2.35. The summed E-state index contributed by atoms with van der Waals surface area (Å²) in [6.45, 7) is -0.0176. The SMILES string of the molecule is OC(CNc1nnc(C(F)(F)F)s1)c1ccccc1Cl. The molecule has 2 N–H and O–H groups in total. The first-order valence-electron chi connectivity index (χ1n) is 5.45. The fraction of sp³-hybridized carbons (Fsp3) is 0.273. The molecule has 1 unspecified atom stereocenters. The van der Waals surface area contributed by atoms with E-state index in [0.717, 1.165) is 0 Å². The van der Waals surface area contributed by atoms with Crippen LogP contribution in [-0.4, -0.2) is 21.8 Å². The molecule has 0 fully saturated rings. The minimum Gasteiger partial charge on any atom is -0.387 e. The third-order valence-corrected chi connectivity index (χ3v) is 3.65. The fourth-order valence-corrected chi connectivity index (χ4v) is 2.33. The number of rotatable bonds is 4. The number of benzene rings is 1. The second kappa shape index (κ2) is 5.94. The zero-order valence-electron chi connectivity index (χ0n) is 9.86. The summed E-state index contributed by atoms with van der Waals surface area (Å²) in [7, 11) is 0. The van der Waals surface area contributed by atoms with Crippen LogP contribution in [0.4, 0.5) is 18.3 Å². The summed E-state index contributed by atoms with van der Waals surface area (Å²) < 4.78 is 37.0. The maximum absolute atomic E-state index is 12.3. The van der Waals surface area contributed by atoms with Gasteiger partial charge in [0.05, 0.1) is 6.10 Å². The number of alkyl halides is 3. The standard InChI is InChI=1S/C11H9ClF3N3OS/c12-7-4-2-1-3-6(7)8(19)5-16-10-18-17-9(20-10)11(13,14)15/h1-4,8,19H,5H2,(H,16,18). The van der Waals surface area contributed by atoms with E-state index in [1.165, 1.54) is 0 Å². The van der Waals surface area contributed by atoms with E-state index in [0.29, 0.717) is 21.9 Å². The van der Waals surface area contributed by atoms with Crippen molar-refractivity contribution in [1.29, 1.82) is 0 Å². The molecule has 9 heteroatoms. The van der Waals surface area contributed by atoms with Crippen LogP contribution in [0.3, 0.4) is 0 Å². The third-order valence-electron chi connectivity index (χ3n) is 2.38. The average molecular weight is 324 g/mol. The molecule has 0 saturated heterocycles. The number of hydrogen-bond acceptors (Lipinski definition) is 5. The van der Waals surface area contributed by atoms with Crippen molar-refractivity contribution in [1.82, 2.24) is 10.2 Å². The normalized spacial score (nSPS) is 13.2. The number of halogens is 4. The van der Waals surface area contributed by atoms with Gasteiger partial charge in [-0.05, 0) is 6.07 Å². The molecule has 1 aromatic carbocycles. The molecule has 0 aliphatic rings. The van der Waals surface area contributed by atoms with Crippen LogP contribution in [0.2, 0.25) is 5.02 Å². The Morgan fingerprint density at radius 2 is 2.00 bits per heavy atom. The Hall–Kier alpha value is -1.38. The van der Waals surface area contributed by atoms with Crippen molar-refractivity contribution in [3.63, 3.8) is 0 Å². The van der Waals surface area contributed by atoms with Crippen LogP contribution >= 0.6 is 22.9 Å². The Morgan fingerprint density at radius 1 is 1.30 bits per heavy atom. The third kappa shape index (κ3) is 3.59. The van der Waals surface area contributed by atoms with E-state index in [9.17, 15) is 18.3 Å². The Morgan fingerprint density at radius 3 is 2.60 bits per heavy atom. The van der Waals surface area contributed by atoms with E-state index in [2.05, 4.69) is 15.5 Å². The first-order chi connectivity index (χ1) is 9.38. The highest BCUT2D eigenvalue weighted by atomic mass is 35.5. The van der Waals surface area contributed by atoms with Crippen molar-refractivity contribution in [2.75, 3.05) is 11.9 Å². The number of aliphatic hydroxyl groups is 1. The zero-order chi connectivity index (χ0) is 14.8. The zero-order valence-corrected chi connectivity index (χ0v) is 11.4. The Labute approximate surface area is 121 Å². The van der Waals surface area contributed by atoms with Crippen LogP contribution < -0.4 is 5.32 Å². The number of aromatic nitrogens is 2. The maximum Gasteiger partial charge on any atom is 0.445 e. The van der Waals surface area contributed by atoms with Crippen molar-refractivity contribution in [3.8, 4) is 0 Å². The Bertz CT molecular complexity index is 590. The molecule has 108 valence electrons. The lowest BCUT2D eigenvalue weighted by molar-refractivity contribution is -0.138. The van der Waals surface area contributed by atoms with Crippen LogP contribution in [0.5, 0.6) is 0 Å². The predicted molar refractivity (Wildman–Crippen MR) is 69.8 cm³/mol. The van der Waals surface area contributed by atoms with Crippen LogP contribution in [0.25, 0.3) is 0 Å². The van der Waals surface area contributed by atoms with Gasteiger partial charge >= 0.3 is 6.18 Å². The van der Waals surface area contributed by atoms with Gasteiger partial charge in [0.1, 0.15) is 0 Å². The van der Waals surface area contributed by atoms with E-state index in [1.54, 1.807) is 24.3 Å². The second-order valence-corrected chi connectivity index (χ2v) is 5.21. The molecular weight excluding hydrogens is 315 g/mol. The van der Waals surface area contributed by atoms with Gasteiger partial charge in [0.15, 0.2) is 0 Å². The second-order valence-electron chi connectivity index (χ2n) is 3.83. The topological polar surface area (TPSA) is 58.0 Å². The molecule has 4 nitrogen and oxygen atoms in total. The van der Waals surface area contributed by atoms with Gasteiger partial charge in [0, 0.05) is 17.1 Å². The molecule has 0 radical (unpaired) electrons. The Kier molecular flexibility index (Phi) is 4.46. The Balaban J connectivity index is 1.99. The lowest BCUT2D eigenvalue weighted by atomic mass is 10.1. The van der Waals surface area contributed by atoms with Crippen molar-refractivity contribution in [2.24, 2.45) is 0 Å². The van der Waals surface area contributed by atoms with Gasteiger partial charge in [-0.15, -0.1) is 10.2 Å². The quantitative estimate of drug-likeness (QED) is 0.906. The van der Waals surface area contributed by atoms with Gasteiger partial charge in [0.25, 0.3) is 0 Å². The van der Waals surface area contributed by atoms with Crippen LogP contribution in [-0.2, 0) is 6.18 Å². The smallest absolute Gasteiger partial charge is 0.387 e. The first kappa shape index (κ1) is 15.0. The number of hydrogen-bond donors (Lipinski definition) is 2. The van der Waals surface area contributed by atoms with E-state index >= 15 is 0 Å². The monoisotopic (exact) mass is 323 g/mol. The van der Waals surface area contributed by atoms with Crippen LogP contribution in [0, 0.1) is 0 Å². The molecule has 2 aromatic rings. The summed E-state index contributed by atoms with van der Waals surface area (Å²) in [4.78, 5) is 0. The van der Waals surface area contributed by atoms with Crippen molar-refractivity contribution < 1.29 is 18.3 Å². The van der Waals surface area contributed by atoms with E-state index < -0.39 is 17.3 Å². The van der Waals surface area contributed by atoms with Crippen molar-refractivity contribution >= 4 is 28.1 Å². The van der Waals surface area contributed by atoms with Crippen LogP contribution in [0.1, 0.15) is 16.7 Å². The summed E-state index contributed by atoms with van der Waals surface area (Å²) in [5.74, 6) is 0. The molecule has 1 heterocycles. The summed E-state index contributed by atoms with van der Waals surface area (Å²) in [6.07, 6.45) is -5.47. The van der Waals surface area contributed by atoms with E-state index in [4.69, 9.17) is 11.6 Å². The predicted octanol–water partition coefficient (Wildman–Crippen LogP) is 3.36. The molecule has 0 amide bonds. The minimum absolute atomic E-state index is 0.0107. The highest BCUT2D eigenvalue weighted by molar-refractivity contribution is 7.15. The van der Waals surface area contributed by atoms with Crippen molar-refractivity contribution in [2.45, 2.75) is 12.3 Å². The molecule has 20 heavy (non-hydrogen) atoms. The lowest BCUT2D eigenvalue weighted by Gasteiger charge is -2.12. The molecule has 0 bridgehead atoms. The molecule has 0 saturated carbocycles. The molecular formula is C11H9ClF3N3OS. The number of aliphatic hydroxyl groups excluding tert-OH is 1. The summed E-state index contributed by atoms with van der Waals surface area (Å²) >= 11 is 6.28. The van der Waals surface area contributed by atoms with Gasteiger partial charge in [-0.2, -0.15) is 13.2 Å². The summed E-state index contributed by atoms with van der Waals surface area (Å²) in [5, 5.41) is 18.2. The van der Waals surface area contributed by atoms with Gasteiger partial charge in [-0.3, -0.25) is 0 Å². The van der Waals surface area contributed by atoms with E-state index in [1.807, 2.05) is 0 Å². The summed E-state index contributed by atoms with van der Waals surface area (Å²) in [5.41, 5.74) is 0.488. The van der Waals surface area contributed by atoms with Gasteiger partial charge in [-0.25, -0.2) is 0 Å². The average Bonchev–Trinajstić information content (AvgIpc) is 2.85. The number of anilines is 1. The molecule has 0 aliphatic heterocycles. The van der Waals surface area contributed by atoms with Gasteiger partial charge in [0.2, 0.25) is 10.1 Å². The van der Waals surface area contributed by atoms with Crippen LogP contribution in [0.15, 0.2) is 24.3 Å². The van der Waals surface area contributed by atoms with Gasteiger partial charge in [-0.1, -0.05) is 41.1 Å². The van der Waals surface area contributed by atoms with E-state index in [-0.39, 0.29) is 11.7 Å². The number of nitrogens with one attached hydrogen (secondary N) is 1. The molecule has 0 aliphatic carbocycles. The summed E-state index contributed by atoms with van der Waals surface area (Å²) in [6, 6.07) is 6.67. The largest absolute Gasteiger partial charge is 0.445 e. The molecule has 1 aromatic heterocycles. The maximum atomic E-state index is 12.3. The van der Waals surface area contributed by atoms with Crippen molar-refractivity contribution in [3.05, 3.63) is 39.9 Å². The molecule has 2 rings (SSSR count). The lowest BCUT2D eigenvalue weighted by Crippen LogP contribution is -2.12. The minimum atomic E-state index is -4.51. The molecule has 0 spiro atoms. The molecule has 1 atom stereocenters. The van der Waals surface area contributed by atoms with Gasteiger partial charge < -0.3 is 10.4 Å². The number of nitrogens with zero attached hydrogens (tertiary/aromatic N) is 2. The highest BCUT2D eigenvalue weighted by Crippen LogP contribution is 2.33.